The maximum atomic E-state index is 12.4. The molecule has 0 saturated carbocycles. The first kappa shape index (κ1) is 15.1. The van der Waals surface area contributed by atoms with E-state index in [9.17, 15) is 4.79 Å². The molecule has 1 aromatic carbocycles. The Morgan fingerprint density at radius 1 is 1.25 bits per heavy atom. The lowest BCUT2D eigenvalue weighted by atomic mass is 10.2. The van der Waals surface area contributed by atoms with Gasteiger partial charge >= 0.3 is 0 Å². The molecule has 0 N–H and O–H groups in total. The van der Waals surface area contributed by atoms with Gasteiger partial charge in [0.25, 0.3) is 0 Å². The van der Waals surface area contributed by atoms with Gasteiger partial charge in [-0.25, -0.2) is 4.68 Å². The predicted octanol–water partition coefficient (Wildman–Crippen LogP) is 3.02. The van der Waals surface area contributed by atoms with Crippen molar-refractivity contribution in [1.82, 2.24) is 19.9 Å². The van der Waals surface area contributed by atoms with Gasteiger partial charge in [0, 0.05) is 18.7 Å². The molecule has 3 heterocycles. The summed E-state index contributed by atoms with van der Waals surface area (Å²) in [4.78, 5) is 14.3. The molecule has 122 valence electrons. The average Bonchev–Trinajstić information content (AvgIpc) is 3.36. The zero-order valence-electron chi connectivity index (χ0n) is 13.2. The van der Waals surface area contributed by atoms with Gasteiger partial charge in [0.05, 0.1) is 18.7 Å². The standard InChI is InChI=1S/C18H18N4OS/c23-18(10-14-7-9-24-13-14)21-8-6-16(11-21)22-12-17(19-20-22)15-4-2-1-3-5-15/h1-5,7,9,12-13,16H,6,8,10-11H2/t16-/m0/s1. The smallest absolute Gasteiger partial charge is 0.227 e. The van der Waals surface area contributed by atoms with Gasteiger partial charge in [-0.2, -0.15) is 11.3 Å². The Kier molecular flexibility index (Phi) is 4.13. The number of hydrogen-bond donors (Lipinski definition) is 0. The van der Waals surface area contributed by atoms with Crippen molar-refractivity contribution >= 4 is 17.2 Å². The van der Waals surface area contributed by atoms with Crippen molar-refractivity contribution < 1.29 is 4.79 Å². The van der Waals surface area contributed by atoms with Gasteiger partial charge in [0.1, 0.15) is 5.69 Å². The fourth-order valence-electron chi connectivity index (χ4n) is 3.06. The number of nitrogens with zero attached hydrogens (tertiary/aromatic N) is 4. The second-order valence-electron chi connectivity index (χ2n) is 6.04. The fraction of sp³-hybridized carbons (Fsp3) is 0.278. The Balaban J connectivity index is 1.42. The van der Waals surface area contributed by atoms with E-state index in [-0.39, 0.29) is 11.9 Å². The van der Waals surface area contributed by atoms with Crippen LogP contribution in [0.15, 0.2) is 53.4 Å². The molecular formula is C18H18N4OS. The first-order valence-electron chi connectivity index (χ1n) is 8.06. The highest BCUT2D eigenvalue weighted by Gasteiger charge is 2.28. The minimum absolute atomic E-state index is 0.194. The predicted molar refractivity (Wildman–Crippen MR) is 93.7 cm³/mol. The quantitative estimate of drug-likeness (QED) is 0.735. The van der Waals surface area contributed by atoms with E-state index in [2.05, 4.69) is 10.3 Å². The second-order valence-corrected chi connectivity index (χ2v) is 6.82. The lowest BCUT2D eigenvalue weighted by molar-refractivity contribution is -0.129. The monoisotopic (exact) mass is 338 g/mol. The molecule has 0 aliphatic carbocycles. The van der Waals surface area contributed by atoms with E-state index >= 15 is 0 Å². The summed E-state index contributed by atoms with van der Waals surface area (Å²) in [5.41, 5.74) is 3.03. The first-order valence-corrected chi connectivity index (χ1v) is 9.00. The SMILES string of the molecule is O=C(Cc1ccsc1)N1CC[C@H](n2cc(-c3ccccc3)nn2)C1. The Hall–Kier alpha value is -2.47. The number of likely N-dealkylation sites (tertiary alicyclic amines) is 1. The van der Waals surface area contributed by atoms with Gasteiger partial charge < -0.3 is 4.90 Å². The van der Waals surface area contributed by atoms with Crippen LogP contribution < -0.4 is 0 Å². The Morgan fingerprint density at radius 3 is 2.92 bits per heavy atom. The summed E-state index contributed by atoms with van der Waals surface area (Å²) >= 11 is 1.63. The number of aromatic nitrogens is 3. The highest BCUT2D eigenvalue weighted by molar-refractivity contribution is 7.08. The number of hydrogen-bond acceptors (Lipinski definition) is 4. The summed E-state index contributed by atoms with van der Waals surface area (Å²) < 4.78 is 1.90. The number of carbonyl (C=O) groups is 1. The third-order valence-corrected chi connectivity index (χ3v) is 5.14. The van der Waals surface area contributed by atoms with Crippen LogP contribution in [0.1, 0.15) is 18.0 Å². The van der Waals surface area contributed by atoms with Crippen LogP contribution in [0.2, 0.25) is 0 Å². The zero-order valence-corrected chi connectivity index (χ0v) is 14.0. The van der Waals surface area contributed by atoms with E-state index < -0.39 is 0 Å². The highest BCUT2D eigenvalue weighted by Crippen LogP contribution is 2.24. The van der Waals surface area contributed by atoms with Crippen LogP contribution in [0, 0.1) is 0 Å². The molecule has 0 bridgehead atoms. The van der Waals surface area contributed by atoms with E-state index in [1.54, 1.807) is 11.3 Å². The topological polar surface area (TPSA) is 51.0 Å². The number of benzene rings is 1. The number of rotatable bonds is 4. The molecule has 2 aromatic heterocycles. The summed E-state index contributed by atoms with van der Waals surface area (Å²) in [6, 6.07) is 12.3. The third-order valence-electron chi connectivity index (χ3n) is 4.41. The summed E-state index contributed by atoms with van der Waals surface area (Å²) in [6.07, 6.45) is 3.39. The molecule has 1 fully saturated rings. The molecule has 0 unspecified atom stereocenters. The molecule has 1 atom stereocenters. The van der Waals surface area contributed by atoms with Gasteiger partial charge in [-0.3, -0.25) is 4.79 Å². The molecular weight excluding hydrogens is 320 g/mol. The molecule has 1 aliphatic heterocycles. The van der Waals surface area contributed by atoms with E-state index in [1.165, 1.54) is 0 Å². The van der Waals surface area contributed by atoms with Crippen LogP contribution >= 0.6 is 11.3 Å². The molecule has 0 radical (unpaired) electrons. The zero-order chi connectivity index (χ0) is 16.4. The van der Waals surface area contributed by atoms with Gasteiger partial charge in [-0.05, 0) is 28.8 Å². The molecule has 1 saturated heterocycles. The summed E-state index contributed by atoms with van der Waals surface area (Å²) in [5.74, 6) is 0.194. The van der Waals surface area contributed by atoms with Crippen LogP contribution in [0.4, 0.5) is 0 Å². The normalized spacial score (nSPS) is 17.3. The van der Waals surface area contributed by atoms with Crippen molar-refractivity contribution in [2.24, 2.45) is 0 Å². The summed E-state index contributed by atoms with van der Waals surface area (Å²) in [7, 11) is 0. The molecule has 0 spiro atoms. The van der Waals surface area contributed by atoms with Crippen LogP contribution in [0.5, 0.6) is 0 Å². The van der Waals surface area contributed by atoms with Gasteiger partial charge in [0.2, 0.25) is 5.91 Å². The third kappa shape index (κ3) is 3.10. The maximum absolute atomic E-state index is 12.4. The summed E-state index contributed by atoms with van der Waals surface area (Å²) in [5, 5.41) is 12.6. The molecule has 5 nitrogen and oxygen atoms in total. The van der Waals surface area contributed by atoms with Gasteiger partial charge in [-0.15, -0.1) is 5.10 Å². The van der Waals surface area contributed by atoms with Crippen LogP contribution in [-0.4, -0.2) is 38.9 Å². The van der Waals surface area contributed by atoms with E-state index in [1.807, 2.05) is 62.9 Å². The lowest BCUT2D eigenvalue weighted by Crippen LogP contribution is -2.30. The van der Waals surface area contributed by atoms with Gasteiger partial charge in [-0.1, -0.05) is 35.5 Å². The lowest BCUT2D eigenvalue weighted by Gasteiger charge is -2.16. The van der Waals surface area contributed by atoms with Crippen LogP contribution in [-0.2, 0) is 11.2 Å². The second kappa shape index (κ2) is 6.57. The van der Waals surface area contributed by atoms with E-state index in [4.69, 9.17) is 0 Å². The van der Waals surface area contributed by atoms with Crippen LogP contribution in [0.25, 0.3) is 11.3 Å². The largest absolute Gasteiger partial charge is 0.340 e. The first-order chi connectivity index (χ1) is 11.8. The highest BCUT2D eigenvalue weighted by atomic mass is 32.1. The minimum atomic E-state index is 0.194. The molecule has 1 amide bonds. The van der Waals surface area contributed by atoms with Crippen molar-refractivity contribution in [2.45, 2.75) is 18.9 Å². The minimum Gasteiger partial charge on any atom is -0.340 e. The van der Waals surface area contributed by atoms with Crippen molar-refractivity contribution in [3.63, 3.8) is 0 Å². The van der Waals surface area contributed by atoms with Gasteiger partial charge in [0.15, 0.2) is 0 Å². The summed E-state index contributed by atoms with van der Waals surface area (Å²) in [6.45, 7) is 1.49. The Morgan fingerprint density at radius 2 is 2.12 bits per heavy atom. The molecule has 3 aromatic rings. The van der Waals surface area contributed by atoms with Crippen molar-refractivity contribution in [3.05, 3.63) is 58.9 Å². The molecule has 24 heavy (non-hydrogen) atoms. The Labute approximate surface area is 144 Å². The molecule has 6 heteroatoms. The maximum Gasteiger partial charge on any atom is 0.227 e. The average molecular weight is 338 g/mol. The number of amides is 1. The molecule has 4 rings (SSSR count). The number of carbonyl (C=O) groups excluding carboxylic acids is 1. The van der Waals surface area contributed by atoms with E-state index in [0.717, 1.165) is 29.8 Å². The van der Waals surface area contributed by atoms with Crippen molar-refractivity contribution in [3.8, 4) is 11.3 Å². The van der Waals surface area contributed by atoms with Crippen molar-refractivity contribution in [1.29, 1.82) is 0 Å². The number of thiophene rings is 1. The Bertz CT molecular complexity index is 813. The fourth-order valence-corrected chi connectivity index (χ4v) is 3.73. The van der Waals surface area contributed by atoms with E-state index in [0.29, 0.717) is 13.0 Å². The molecule has 1 aliphatic rings. The van der Waals surface area contributed by atoms with Crippen LogP contribution in [0.3, 0.4) is 0 Å². The van der Waals surface area contributed by atoms with Crippen molar-refractivity contribution in [2.75, 3.05) is 13.1 Å².